The normalized spacial score (nSPS) is 11.5. The average molecular weight is 433 g/mol. The maximum atomic E-state index is 14.2. The van der Waals surface area contributed by atoms with Crippen molar-refractivity contribution >= 4 is 17.4 Å². The number of amides is 1. The molecule has 9 nitrogen and oxygen atoms in total. The molecule has 10 heteroatoms. The van der Waals surface area contributed by atoms with E-state index in [0.29, 0.717) is 33.9 Å². The monoisotopic (exact) mass is 433 g/mol. The van der Waals surface area contributed by atoms with Crippen molar-refractivity contribution in [2.45, 2.75) is 20.4 Å². The van der Waals surface area contributed by atoms with E-state index in [9.17, 15) is 9.18 Å². The largest absolute Gasteiger partial charge is 0.382 e. The fraction of sp³-hybridized carbons (Fsp3) is 0.136. The number of nitrogens with one attached hydrogen (secondary N) is 1. The van der Waals surface area contributed by atoms with Crippen molar-refractivity contribution in [3.63, 3.8) is 0 Å². The molecule has 0 atom stereocenters. The summed E-state index contributed by atoms with van der Waals surface area (Å²) in [5.41, 5.74) is 8.87. The van der Waals surface area contributed by atoms with Crippen LogP contribution < -0.4 is 11.1 Å². The molecular weight excluding hydrogens is 413 g/mol. The van der Waals surface area contributed by atoms with Crippen LogP contribution in [0.25, 0.3) is 22.9 Å². The van der Waals surface area contributed by atoms with E-state index >= 15 is 0 Å². The lowest BCUT2D eigenvalue weighted by Crippen LogP contribution is -2.15. The molecular formula is C22H20FN7O2. The Morgan fingerprint density at radius 1 is 1.28 bits per heavy atom. The number of rotatable bonds is 6. The number of carbonyl (C=O) groups is 1. The van der Waals surface area contributed by atoms with E-state index in [-0.39, 0.29) is 29.9 Å². The van der Waals surface area contributed by atoms with E-state index < -0.39 is 0 Å². The van der Waals surface area contributed by atoms with Gasteiger partial charge in [-0.25, -0.2) is 14.4 Å². The summed E-state index contributed by atoms with van der Waals surface area (Å²) in [6.07, 6.45) is 4.55. The smallest absolute Gasteiger partial charge is 0.251 e. The van der Waals surface area contributed by atoms with Gasteiger partial charge < -0.3 is 15.6 Å². The van der Waals surface area contributed by atoms with Crippen molar-refractivity contribution in [1.82, 2.24) is 24.9 Å². The summed E-state index contributed by atoms with van der Waals surface area (Å²) >= 11 is 0. The summed E-state index contributed by atoms with van der Waals surface area (Å²) in [5, 5.41) is 11.2. The molecule has 4 rings (SSSR count). The number of hydrogen-bond donors (Lipinski definition) is 2. The first-order valence-corrected chi connectivity index (χ1v) is 9.75. The second kappa shape index (κ2) is 8.80. The molecule has 0 bridgehead atoms. The first-order chi connectivity index (χ1) is 15.5. The molecule has 0 aliphatic heterocycles. The Labute approximate surface area is 182 Å². The molecule has 0 radical (unpaired) electrons. The van der Waals surface area contributed by atoms with Crippen molar-refractivity contribution in [1.29, 1.82) is 0 Å². The van der Waals surface area contributed by atoms with Crippen LogP contribution in [0.15, 0.2) is 65.0 Å². The Balaban J connectivity index is 1.69. The van der Waals surface area contributed by atoms with Gasteiger partial charge in [0.2, 0.25) is 0 Å². The molecule has 3 aromatic heterocycles. The Kier molecular flexibility index (Phi) is 5.75. The minimum absolute atomic E-state index is 0.0962. The van der Waals surface area contributed by atoms with Crippen LogP contribution in [-0.4, -0.2) is 30.8 Å². The molecule has 0 saturated carbocycles. The number of nitrogens with zero attached hydrogens (tertiary/aromatic N) is 5. The molecule has 1 amide bonds. The van der Waals surface area contributed by atoms with E-state index in [1.807, 2.05) is 0 Å². The zero-order valence-corrected chi connectivity index (χ0v) is 17.4. The third-order valence-corrected chi connectivity index (χ3v) is 4.84. The molecule has 0 saturated heterocycles. The minimum atomic E-state index is -0.340. The van der Waals surface area contributed by atoms with Crippen LogP contribution in [0.1, 0.15) is 19.4 Å². The van der Waals surface area contributed by atoms with Gasteiger partial charge in [-0.15, -0.1) is 0 Å². The first kappa shape index (κ1) is 20.9. The van der Waals surface area contributed by atoms with Gasteiger partial charge in [0.1, 0.15) is 29.2 Å². The lowest BCUT2D eigenvalue weighted by molar-refractivity contribution is -0.112. The number of halogens is 1. The van der Waals surface area contributed by atoms with Gasteiger partial charge in [0, 0.05) is 17.2 Å². The maximum Gasteiger partial charge on any atom is 0.251 e. The Morgan fingerprint density at radius 3 is 2.78 bits per heavy atom. The third kappa shape index (κ3) is 4.24. The number of carbonyl (C=O) groups excluding carboxylic acids is 1. The standard InChI is InChI=1S/C22H20FN7O2/c1-3-13(2)22(31)26-18-11-25-21(27-20(18)24)17-10-19(16-8-9-32-29-16)30(28-17)12-14-6-4-5-7-15(14)23/h3-11H,12H2,1-2H3,(H,26,31)(H2,24,25,27)/b13-3+. The van der Waals surface area contributed by atoms with Gasteiger partial charge >= 0.3 is 0 Å². The van der Waals surface area contributed by atoms with Gasteiger partial charge in [-0.05, 0) is 26.0 Å². The number of aromatic nitrogens is 5. The maximum absolute atomic E-state index is 14.2. The van der Waals surface area contributed by atoms with E-state index in [0.717, 1.165) is 0 Å². The molecule has 1 aromatic carbocycles. The molecule has 4 aromatic rings. The molecule has 3 N–H and O–H groups in total. The quantitative estimate of drug-likeness (QED) is 0.445. The van der Waals surface area contributed by atoms with Gasteiger partial charge in [0.05, 0.1) is 18.4 Å². The van der Waals surface area contributed by atoms with Crippen LogP contribution in [0, 0.1) is 5.82 Å². The van der Waals surface area contributed by atoms with Crippen molar-refractivity contribution < 1.29 is 13.7 Å². The molecule has 0 aliphatic rings. The zero-order valence-electron chi connectivity index (χ0n) is 17.4. The van der Waals surface area contributed by atoms with Gasteiger partial charge in [-0.1, -0.05) is 29.4 Å². The highest BCUT2D eigenvalue weighted by Gasteiger charge is 2.18. The van der Waals surface area contributed by atoms with Gasteiger partial charge in [0.15, 0.2) is 11.6 Å². The lowest BCUT2D eigenvalue weighted by Gasteiger charge is -2.08. The van der Waals surface area contributed by atoms with E-state index in [4.69, 9.17) is 10.3 Å². The minimum Gasteiger partial charge on any atom is -0.382 e. The average Bonchev–Trinajstić information content (AvgIpc) is 3.46. The highest BCUT2D eigenvalue weighted by Crippen LogP contribution is 2.26. The van der Waals surface area contributed by atoms with Crippen LogP contribution in [0.4, 0.5) is 15.9 Å². The Hall–Kier alpha value is -4.34. The molecule has 32 heavy (non-hydrogen) atoms. The molecule has 0 fully saturated rings. The summed E-state index contributed by atoms with van der Waals surface area (Å²) in [7, 11) is 0. The predicted molar refractivity (Wildman–Crippen MR) is 117 cm³/mol. The second-order valence-corrected chi connectivity index (χ2v) is 6.97. The van der Waals surface area contributed by atoms with Gasteiger partial charge in [-0.3, -0.25) is 9.48 Å². The molecule has 162 valence electrons. The summed E-state index contributed by atoms with van der Waals surface area (Å²) in [4.78, 5) is 20.6. The number of benzene rings is 1. The van der Waals surface area contributed by atoms with Crippen LogP contribution in [0.2, 0.25) is 0 Å². The molecule has 0 unspecified atom stereocenters. The number of allylic oxidation sites excluding steroid dienone is 1. The molecule has 0 aliphatic carbocycles. The van der Waals surface area contributed by atoms with Crippen LogP contribution >= 0.6 is 0 Å². The van der Waals surface area contributed by atoms with E-state index in [2.05, 4.69) is 25.5 Å². The van der Waals surface area contributed by atoms with Crippen molar-refractivity contribution in [3.8, 4) is 22.9 Å². The SMILES string of the molecule is C/C=C(\C)C(=O)Nc1cnc(-c2cc(-c3ccon3)n(Cc3ccccc3F)n2)nc1N. The first-order valence-electron chi connectivity index (χ1n) is 9.75. The Bertz CT molecular complexity index is 1300. The predicted octanol–water partition coefficient (Wildman–Crippen LogP) is 3.67. The fourth-order valence-electron chi connectivity index (χ4n) is 2.95. The molecule has 3 heterocycles. The lowest BCUT2D eigenvalue weighted by atomic mass is 10.2. The van der Waals surface area contributed by atoms with Crippen LogP contribution in [0.3, 0.4) is 0 Å². The third-order valence-electron chi connectivity index (χ3n) is 4.84. The zero-order chi connectivity index (χ0) is 22.7. The topological polar surface area (TPSA) is 125 Å². The summed E-state index contributed by atoms with van der Waals surface area (Å²) in [5.74, 6) is -0.287. The van der Waals surface area contributed by atoms with E-state index in [1.165, 1.54) is 18.5 Å². The van der Waals surface area contributed by atoms with Crippen LogP contribution in [-0.2, 0) is 11.3 Å². The summed E-state index contributed by atoms with van der Waals surface area (Å²) in [6.45, 7) is 3.62. The summed E-state index contributed by atoms with van der Waals surface area (Å²) < 4.78 is 20.8. The number of anilines is 2. The Morgan fingerprint density at radius 2 is 2.09 bits per heavy atom. The highest BCUT2D eigenvalue weighted by molar-refractivity contribution is 6.04. The van der Waals surface area contributed by atoms with Gasteiger partial charge in [-0.2, -0.15) is 5.10 Å². The van der Waals surface area contributed by atoms with Crippen molar-refractivity contribution in [3.05, 3.63) is 71.9 Å². The van der Waals surface area contributed by atoms with Crippen molar-refractivity contribution in [2.75, 3.05) is 11.1 Å². The number of hydrogen-bond acceptors (Lipinski definition) is 7. The van der Waals surface area contributed by atoms with Crippen molar-refractivity contribution in [2.24, 2.45) is 0 Å². The summed E-state index contributed by atoms with van der Waals surface area (Å²) in [6, 6.07) is 9.85. The second-order valence-electron chi connectivity index (χ2n) is 6.97. The highest BCUT2D eigenvalue weighted by atomic mass is 19.1. The van der Waals surface area contributed by atoms with Gasteiger partial charge in [0.25, 0.3) is 5.91 Å². The number of nitrogens with two attached hydrogens (primary N) is 1. The molecule has 0 spiro atoms. The van der Waals surface area contributed by atoms with Crippen LogP contribution in [0.5, 0.6) is 0 Å². The van der Waals surface area contributed by atoms with E-state index in [1.54, 1.807) is 54.9 Å². The fourth-order valence-corrected chi connectivity index (χ4v) is 2.95. The number of nitrogen functional groups attached to an aromatic ring is 1.